The number of nitrogens with two attached hydrogens (primary N) is 1. The number of amides is 2. The van der Waals surface area contributed by atoms with Crippen LogP contribution in [0.1, 0.15) is 24.2 Å². The van der Waals surface area contributed by atoms with E-state index in [-0.39, 0.29) is 23.7 Å². The normalized spacial score (nSPS) is 11.6. The summed E-state index contributed by atoms with van der Waals surface area (Å²) in [6.07, 6.45) is 0. The van der Waals surface area contributed by atoms with Crippen molar-refractivity contribution in [2.75, 3.05) is 26.1 Å². The monoisotopic (exact) mass is 337 g/mol. The highest BCUT2D eigenvalue weighted by Gasteiger charge is 2.19. The Hall–Kier alpha value is -2.61. The Kier molecular flexibility index (Phi) is 7.19. The van der Waals surface area contributed by atoms with Gasteiger partial charge in [0.05, 0.1) is 38.1 Å². The Balaban J connectivity index is 2.76. The predicted octanol–water partition coefficient (Wildman–Crippen LogP) is 0.520. The van der Waals surface area contributed by atoms with E-state index >= 15 is 0 Å². The molecule has 0 bridgehead atoms. The third kappa shape index (κ3) is 5.24. The summed E-state index contributed by atoms with van der Waals surface area (Å²) in [5.41, 5.74) is 6.10. The smallest absolute Gasteiger partial charge is 0.340 e. The molecule has 0 spiro atoms. The molecule has 8 heteroatoms. The van der Waals surface area contributed by atoms with Crippen LogP contribution in [0.4, 0.5) is 5.69 Å². The molecule has 0 heterocycles. The number of nitrogens with one attached hydrogen (secondary N) is 2. The molecular formula is C16H23N3O5. The number of esters is 1. The van der Waals surface area contributed by atoms with Gasteiger partial charge in [0.2, 0.25) is 11.8 Å². The standard InChI is InChI=1S/C16H23N3O5/c1-9(2)14(17)15(21)18-8-13(20)19-12-6-5-10(23-3)7-11(12)16(22)24-4/h5-7,9,14H,8,17H2,1-4H3,(H,18,21)(H,19,20)/t14-/m0/s1. The topological polar surface area (TPSA) is 120 Å². The highest BCUT2D eigenvalue weighted by Crippen LogP contribution is 2.22. The van der Waals surface area contributed by atoms with E-state index < -0.39 is 23.8 Å². The summed E-state index contributed by atoms with van der Waals surface area (Å²) in [5, 5.41) is 5.00. The van der Waals surface area contributed by atoms with E-state index in [9.17, 15) is 14.4 Å². The molecule has 0 fully saturated rings. The molecule has 0 aliphatic heterocycles. The van der Waals surface area contributed by atoms with Crippen LogP contribution in [0.2, 0.25) is 0 Å². The number of hydrogen-bond donors (Lipinski definition) is 3. The van der Waals surface area contributed by atoms with E-state index in [0.717, 1.165) is 0 Å². The molecule has 0 saturated heterocycles. The van der Waals surface area contributed by atoms with Crippen LogP contribution in [-0.4, -0.2) is 44.6 Å². The minimum Gasteiger partial charge on any atom is -0.497 e. The molecule has 4 N–H and O–H groups in total. The molecule has 0 unspecified atom stereocenters. The summed E-state index contributed by atoms with van der Waals surface area (Å²) in [4.78, 5) is 35.5. The second kappa shape index (κ2) is 8.88. The van der Waals surface area contributed by atoms with Crippen molar-refractivity contribution in [2.24, 2.45) is 11.7 Å². The Morgan fingerprint density at radius 1 is 1.21 bits per heavy atom. The lowest BCUT2D eigenvalue weighted by molar-refractivity contribution is -0.125. The molecule has 2 amide bonds. The molecule has 0 aliphatic carbocycles. The van der Waals surface area contributed by atoms with Gasteiger partial charge in [0.15, 0.2) is 0 Å². The fraction of sp³-hybridized carbons (Fsp3) is 0.438. The van der Waals surface area contributed by atoms with Crippen LogP contribution in [0.15, 0.2) is 18.2 Å². The van der Waals surface area contributed by atoms with E-state index in [1.807, 2.05) is 13.8 Å². The van der Waals surface area contributed by atoms with Gasteiger partial charge in [-0.05, 0) is 24.1 Å². The fourth-order valence-electron chi connectivity index (χ4n) is 1.82. The number of carbonyl (C=O) groups is 3. The van der Waals surface area contributed by atoms with Crippen LogP contribution in [0, 0.1) is 5.92 Å². The van der Waals surface area contributed by atoms with Gasteiger partial charge in [-0.3, -0.25) is 9.59 Å². The molecule has 0 saturated carbocycles. The maximum absolute atomic E-state index is 12.0. The van der Waals surface area contributed by atoms with Crippen molar-refractivity contribution in [3.8, 4) is 5.75 Å². The molecule has 8 nitrogen and oxygen atoms in total. The van der Waals surface area contributed by atoms with Crippen molar-refractivity contribution in [3.05, 3.63) is 23.8 Å². The van der Waals surface area contributed by atoms with Crippen LogP contribution >= 0.6 is 0 Å². The molecule has 0 aromatic heterocycles. The molecule has 1 aromatic rings. The Bertz CT molecular complexity index is 616. The molecular weight excluding hydrogens is 314 g/mol. The number of hydrogen-bond acceptors (Lipinski definition) is 6. The Morgan fingerprint density at radius 3 is 2.42 bits per heavy atom. The average Bonchev–Trinajstić information content (AvgIpc) is 2.58. The fourth-order valence-corrected chi connectivity index (χ4v) is 1.82. The van der Waals surface area contributed by atoms with Gasteiger partial charge in [-0.15, -0.1) is 0 Å². The highest BCUT2D eigenvalue weighted by molar-refractivity contribution is 6.02. The van der Waals surface area contributed by atoms with Gasteiger partial charge in [-0.1, -0.05) is 13.8 Å². The van der Waals surface area contributed by atoms with Crippen LogP contribution in [0.25, 0.3) is 0 Å². The molecule has 0 radical (unpaired) electrons. The van der Waals surface area contributed by atoms with Crippen molar-refractivity contribution in [3.63, 3.8) is 0 Å². The second-order valence-corrected chi connectivity index (χ2v) is 5.44. The lowest BCUT2D eigenvalue weighted by atomic mass is 10.1. The van der Waals surface area contributed by atoms with Crippen LogP contribution in [-0.2, 0) is 14.3 Å². The quantitative estimate of drug-likeness (QED) is 0.624. The highest BCUT2D eigenvalue weighted by atomic mass is 16.5. The first-order valence-electron chi connectivity index (χ1n) is 7.39. The maximum atomic E-state index is 12.0. The number of anilines is 1. The number of ether oxygens (including phenoxy) is 2. The zero-order valence-electron chi connectivity index (χ0n) is 14.2. The van der Waals surface area contributed by atoms with Crippen LogP contribution < -0.4 is 21.1 Å². The van der Waals surface area contributed by atoms with Gasteiger partial charge in [-0.2, -0.15) is 0 Å². The lowest BCUT2D eigenvalue weighted by Gasteiger charge is -2.15. The van der Waals surface area contributed by atoms with Crippen molar-refractivity contribution in [2.45, 2.75) is 19.9 Å². The summed E-state index contributed by atoms with van der Waals surface area (Å²) in [6, 6.07) is 3.87. The SMILES string of the molecule is COC(=O)c1cc(OC)ccc1NC(=O)CNC(=O)[C@@H](N)C(C)C. The summed E-state index contributed by atoms with van der Waals surface area (Å²) < 4.78 is 9.73. The molecule has 1 atom stereocenters. The van der Waals surface area contributed by atoms with Crippen molar-refractivity contribution >= 4 is 23.5 Å². The zero-order valence-corrected chi connectivity index (χ0v) is 14.2. The number of methoxy groups -OCH3 is 2. The number of benzene rings is 1. The second-order valence-electron chi connectivity index (χ2n) is 5.44. The van der Waals surface area contributed by atoms with E-state index in [0.29, 0.717) is 5.75 Å². The van der Waals surface area contributed by atoms with Crippen LogP contribution in [0.3, 0.4) is 0 Å². The third-order valence-electron chi connectivity index (χ3n) is 3.35. The van der Waals surface area contributed by atoms with E-state index in [4.69, 9.17) is 10.5 Å². The van der Waals surface area contributed by atoms with Crippen molar-refractivity contribution < 1.29 is 23.9 Å². The summed E-state index contributed by atoms with van der Waals surface area (Å²) in [5.74, 6) is -1.11. The maximum Gasteiger partial charge on any atom is 0.340 e. The van der Waals surface area contributed by atoms with E-state index in [1.54, 1.807) is 6.07 Å². The van der Waals surface area contributed by atoms with Crippen molar-refractivity contribution in [1.29, 1.82) is 0 Å². The minimum atomic E-state index is -0.690. The van der Waals surface area contributed by atoms with Gasteiger partial charge in [0.1, 0.15) is 5.75 Å². The largest absolute Gasteiger partial charge is 0.497 e. The molecule has 24 heavy (non-hydrogen) atoms. The average molecular weight is 337 g/mol. The molecule has 0 aliphatic rings. The van der Waals surface area contributed by atoms with E-state index in [1.165, 1.54) is 26.4 Å². The summed E-state index contributed by atoms with van der Waals surface area (Å²) >= 11 is 0. The molecule has 1 rings (SSSR count). The van der Waals surface area contributed by atoms with Gasteiger partial charge >= 0.3 is 5.97 Å². The first-order chi connectivity index (χ1) is 11.3. The third-order valence-corrected chi connectivity index (χ3v) is 3.35. The predicted molar refractivity (Wildman–Crippen MR) is 88.8 cm³/mol. The number of carbonyl (C=O) groups excluding carboxylic acids is 3. The number of rotatable bonds is 7. The lowest BCUT2D eigenvalue weighted by Crippen LogP contribution is -2.46. The minimum absolute atomic E-state index is 0.0411. The van der Waals surface area contributed by atoms with Gasteiger partial charge in [-0.25, -0.2) is 4.79 Å². The molecule has 132 valence electrons. The Labute approximate surface area is 140 Å². The summed E-state index contributed by atoms with van der Waals surface area (Å²) in [7, 11) is 2.70. The van der Waals surface area contributed by atoms with E-state index in [2.05, 4.69) is 15.4 Å². The van der Waals surface area contributed by atoms with Crippen LogP contribution in [0.5, 0.6) is 5.75 Å². The van der Waals surface area contributed by atoms with Crippen molar-refractivity contribution in [1.82, 2.24) is 5.32 Å². The zero-order chi connectivity index (χ0) is 18.3. The van der Waals surface area contributed by atoms with Gasteiger partial charge < -0.3 is 25.8 Å². The first-order valence-corrected chi connectivity index (χ1v) is 7.39. The Morgan fingerprint density at radius 2 is 1.88 bits per heavy atom. The van der Waals surface area contributed by atoms with Gasteiger partial charge in [0, 0.05) is 0 Å². The van der Waals surface area contributed by atoms with Gasteiger partial charge in [0.25, 0.3) is 0 Å². The molecule has 1 aromatic carbocycles. The summed E-state index contributed by atoms with van der Waals surface area (Å²) in [6.45, 7) is 3.36. The first kappa shape index (κ1) is 19.4.